The van der Waals surface area contributed by atoms with Crippen LogP contribution in [0.4, 0.5) is 5.13 Å². The van der Waals surface area contributed by atoms with Crippen LogP contribution in [0.2, 0.25) is 0 Å². The van der Waals surface area contributed by atoms with E-state index < -0.39 is 6.17 Å². The van der Waals surface area contributed by atoms with E-state index >= 15 is 0 Å². The lowest BCUT2D eigenvalue weighted by atomic mass is 9.97. The van der Waals surface area contributed by atoms with Gasteiger partial charge in [-0.2, -0.15) is 4.37 Å². The summed E-state index contributed by atoms with van der Waals surface area (Å²) in [6.45, 7) is 0. The molecule has 0 spiro atoms. The topological polar surface area (TPSA) is 119 Å². The predicted molar refractivity (Wildman–Crippen MR) is 121 cm³/mol. The monoisotopic (exact) mass is 477 g/mol. The number of nitrogens with zero attached hydrogens (tertiary/aromatic N) is 9. The Kier molecular flexibility index (Phi) is 4.82. The third-order valence-electron chi connectivity index (χ3n) is 4.69. The summed E-state index contributed by atoms with van der Waals surface area (Å²) in [4.78, 5) is 16.3. The summed E-state index contributed by atoms with van der Waals surface area (Å²) < 4.78 is 13.8. The number of pyridine rings is 1. The molecule has 6 heterocycles. The third-order valence-corrected chi connectivity index (χ3v) is 6.52. The van der Waals surface area contributed by atoms with E-state index in [1.807, 2.05) is 45.3 Å². The van der Waals surface area contributed by atoms with Gasteiger partial charge in [0.05, 0.1) is 17.0 Å². The van der Waals surface area contributed by atoms with Gasteiger partial charge >= 0.3 is 0 Å². The molecule has 6 rings (SSSR count). The van der Waals surface area contributed by atoms with Crippen LogP contribution in [0, 0.1) is 0 Å². The zero-order valence-electron chi connectivity index (χ0n) is 16.0. The maximum Gasteiger partial charge on any atom is 0.191 e. The first-order chi connectivity index (χ1) is 15.9. The number of aliphatic imine (C=N–C) groups is 1. The Labute approximate surface area is 193 Å². The van der Waals surface area contributed by atoms with Gasteiger partial charge in [-0.1, -0.05) is 10.6 Å². The van der Waals surface area contributed by atoms with Gasteiger partial charge in [-0.15, -0.1) is 21.5 Å². The zero-order valence-corrected chi connectivity index (χ0v) is 18.5. The van der Waals surface area contributed by atoms with Gasteiger partial charge in [-0.25, -0.2) is 4.98 Å². The fraction of sp³-hybridized carbons (Fsp3) is 0.0526. The van der Waals surface area contributed by atoms with Crippen LogP contribution >= 0.6 is 34.4 Å². The zero-order chi connectivity index (χ0) is 21.3. The van der Waals surface area contributed by atoms with Crippen molar-refractivity contribution in [3.63, 3.8) is 0 Å². The standard InChI is InChI=1S/C19H11N9OS3/c1-2-5-20-12(3-1)18-22-16(14-10-32-27-24-14)15(13-9-29-26-23-13)17(11-4-7-31-25-11)28(18)19-21-6-8-30-19/h1-10,18H. The normalized spacial score (nSPS) is 16.4. The molecule has 5 aromatic rings. The van der Waals surface area contributed by atoms with Gasteiger partial charge in [-0.05, 0) is 41.3 Å². The average molecular weight is 478 g/mol. The molecule has 10 nitrogen and oxygen atoms in total. The van der Waals surface area contributed by atoms with E-state index in [2.05, 4.69) is 34.3 Å². The van der Waals surface area contributed by atoms with Crippen molar-refractivity contribution in [3.05, 3.63) is 81.8 Å². The van der Waals surface area contributed by atoms with Crippen molar-refractivity contribution in [1.29, 1.82) is 0 Å². The number of rotatable bonds is 5. The minimum absolute atomic E-state index is 0.501. The van der Waals surface area contributed by atoms with Crippen molar-refractivity contribution in [2.75, 3.05) is 4.90 Å². The molecule has 5 aromatic heterocycles. The van der Waals surface area contributed by atoms with Crippen molar-refractivity contribution in [2.24, 2.45) is 4.99 Å². The fourth-order valence-electron chi connectivity index (χ4n) is 3.43. The smallest absolute Gasteiger partial charge is 0.191 e. The first-order valence-corrected chi connectivity index (χ1v) is 11.8. The Bertz CT molecular complexity index is 1360. The van der Waals surface area contributed by atoms with Crippen LogP contribution in [0.3, 0.4) is 0 Å². The van der Waals surface area contributed by atoms with Crippen LogP contribution < -0.4 is 4.90 Å². The molecule has 1 unspecified atom stereocenters. The summed E-state index contributed by atoms with van der Waals surface area (Å²) >= 11 is 4.11. The molecule has 0 amide bonds. The molecular weight excluding hydrogens is 466 g/mol. The van der Waals surface area contributed by atoms with Gasteiger partial charge < -0.3 is 4.52 Å². The highest BCUT2D eigenvalue weighted by atomic mass is 32.1. The average Bonchev–Trinajstić information content (AvgIpc) is 3.67. The second-order valence-electron chi connectivity index (χ2n) is 6.48. The van der Waals surface area contributed by atoms with Gasteiger partial charge in [0.2, 0.25) is 0 Å². The maximum atomic E-state index is 5.09. The minimum atomic E-state index is -0.501. The van der Waals surface area contributed by atoms with Crippen molar-refractivity contribution in [1.82, 2.24) is 34.3 Å². The fourth-order valence-corrected chi connectivity index (χ4v) is 5.05. The summed E-state index contributed by atoms with van der Waals surface area (Å²) in [5.41, 5.74) is 4.72. The van der Waals surface area contributed by atoms with Gasteiger partial charge in [0.1, 0.15) is 22.8 Å². The van der Waals surface area contributed by atoms with Crippen molar-refractivity contribution >= 4 is 56.5 Å². The molecule has 0 saturated carbocycles. The van der Waals surface area contributed by atoms with Gasteiger partial charge in [-0.3, -0.25) is 14.9 Å². The lowest BCUT2D eigenvalue weighted by molar-refractivity contribution is 0.393. The molecule has 0 saturated heterocycles. The summed E-state index contributed by atoms with van der Waals surface area (Å²) in [5.74, 6) is 0. The maximum absolute atomic E-state index is 5.09. The number of hydrogen-bond donors (Lipinski definition) is 0. The third kappa shape index (κ3) is 3.23. The summed E-state index contributed by atoms with van der Waals surface area (Å²) in [6, 6.07) is 7.70. The lowest BCUT2D eigenvalue weighted by Gasteiger charge is -2.35. The second kappa shape index (κ2) is 8.11. The number of allylic oxidation sites excluding steroid dienone is 1. The van der Waals surface area contributed by atoms with E-state index in [0.29, 0.717) is 22.7 Å². The van der Waals surface area contributed by atoms with Crippen LogP contribution in [0.1, 0.15) is 28.9 Å². The van der Waals surface area contributed by atoms with Gasteiger partial charge in [0.15, 0.2) is 17.6 Å². The van der Waals surface area contributed by atoms with E-state index in [1.54, 1.807) is 12.4 Å². The Balaban J connectivity index is 1.70. The molecule has 32 heavy (non-hydrogen) atoms. The van der Waals surface area contributed by atoms with Gasteiger partial charge in [0, 0.05) is 33.8 Å². The molecule has 0 aliphatic carbocycles. The Morgan fingerprint density at radius 3 is 2.62 bits per heavy atom. The number of anilines is 1. The Morgan fingerprint density at radius 1 is 0.938 bits per heavy atom. The SMILES string of the molecule is c1ccc(C2N=C(c3csnn3)C(c3conn3)=C(c3ccsn3)N2c2nccs2)nc1. The number of aromatic nitrogens is 7. The number of thiazole rings is 1. The summed E-state index contributed by atoms with van der Waals surface area (Å²) in [7, 11) is 0. The van der Waals surface area contributed by atoms with Crippen molar-refractivity contribution < 1.29 is 4.52 Å². The van der Waals surface area contributed by atoms with E-state index in [0.717, 1.165) is 22.2 Å². The van der Waals surface area contributed by atoms with E-state index in [4.69, 9.17) is 9.52 Å². The molecular formula is C19H11N9OS3. The molecule has 0 fully saturated rings. The molecule has 1 aliphatic rings. The predicted octanol–water partition coefficient (Wildman–Crippen LogP) is 3.81. The minimum Gasteiger partial charge on any atom is -0.345 e. The molecule has 156 valence electrons. The molecule has 13 heteroatoms. The van der Waals surface area contributed by atoms with Crippen molar-refractivity contribution in [2.45, 2.75) is 6.17 Å². The molecule has 0 N–H and O–H groups in total. The summed E-state index contributed by atoms with van der Waals surface area (Å²) in [5, 5.41) is 18.6. The molecule has 1 atom stereocenters. The van der Waals surface area contributed by atoms with Crippen LogP contribution in [0.15, 0.2) is 68.6 Å². The van der Waals surface area contributed by atoms with Crippen LogP contribution in [0.5, 0.6) is 0 Å². The first kappa shape index (κ1) is 19.0. The largest absolute Gasteiger partial charge is 0.345 e. The molecule has 0 radical (unpaired) electrons. The Hall–Kier alpha value is -3.68. The highest BCUT2D eigenvalue weighted by Crippen LogP contribution is 2.44. The highest BCUT2D eigenvalue weighted by molar-refractivity contribution is 7.13. The van der Waals surface area contributed by atoms with E-state index in [-0.39, 0.29) is 0 Å². The van der Waals surface area contributed by atoms with Gasteiger partial charge in [0.25, 0.3) is 0 Å². The van der Waals surface area contributed by atoms with Crippen LogP contribution in [-0.4, -0.2) is 40.0 Å². The van der Waals surface area contributed by atoms with E-state index in [9.17, 15) is 0 Å². The molecule has 0 aromatic carbocycles. The van der Waals surface area contributed by atoms with E-state index in [1.165, 1.54) is 40.7 Å². The lowest BCUT2D eigenvalue weighted by Crippen LogP contribution is -2.33. The van der Waals surface area contributed by atoms with Crippen LogP contribution in [0.25, 0.3) is 11.3 Å². The second-order valence-corrected chi connectivity index (χ2v) is 8.63. The first-order valence-electron chi connectivity index (χ1n) is 9.28. The Morgan fingerprint density at radius 2 is 1.94 bits per heavy atom. The molecule has 1 aliphatic heterocycles. The van der Waals surface area contributed by atoms with Crippen LogP contribution in [-0.2, 0) is 0 Å². The highest BCUT2D eigenvalue weighted by Gasteiger charge is 2.38. The summed E-state index contributed by atoms with van der Waals surface area (Å²) in [6.07, 6.45) is 4.49. The molecule has 0 bridgehead atoms. The number of hydrogen-bond acceptors (Lipinski definition) is 13. The quantitative estimate of drug-likeness (QED) is 0.372. The van der Waals surface area contributed by atoms with Crippen molar-refractivity contribution in [3.8, 4) is 0 Å².